The minimum absolute atomic E-state index is 0.213. The zero-order valence-corrected chi connectivity index (χ0v) is 11.8. The van der Waals surface area contributed by atoms with Crippen molar-refractivity contribution >= 4 is 5.97 Å². The van der Waals surface area contributed by atoms with Crippen LogP contribution in [0.15, 0.2) is 11.8 Å². The highest BCUT2D eigenvalue weighted by Crippen LogP contribution is 2.32. The molecule has 6 N–H and O–H groups in total. The number of aliphatic hydroxyl groups is 5. The second-order valence-electron chi connectivity index (χ2n) is 5.59. The molecule has 0 amide bonds. The Morgan fingerprint density at radius 1 is 1.14 bits per heavy atom. The van der Waals surface area contributed by atoms with Gasteiger partial charge in [0.2, 0.25) is 5.76 Å². The molecule has 0 saturated carbocycles. The SMILES string of the molecule is CC1OC(O)C(CC2OC(C(=O)O)=CC(O)C2O)C(O)C1O. The molecule has 0 spiro atoms. The molecule has 8 atom stereocenters. The molecule has 2 rings (SSSR count). The minimum atomic E-state index is -1.45. The van der Waals surface area contributed by atoms with Crippen molar-refractivity contribution in [3.63, 3.8) is 0 Å². The Hall–Kier alpha value is -1.23. The van der Waals surface area contributed by atoms with E-state index in [0.29, 0.717) is 0 Å². The third-order valence-electron chi connectivity index (χ3n) is 4.04. The second-order valence-corrected chi connectivity index (χ2v) is 5.59. The Balaban J connectivity index is 2.12. The van der Waals surface area contributed by atoms with Gasteiger partial charge in [-0.2, -0.15) is 0 Å². The zero-order chi connectivity index (χ0) is 16.6. The summed E-state index contributed by atoms with van der Waals surface area (Å²) in [5.41, 5.74) is 0. The van der Waals surface area contributed by atoms with E-state index in [9.17, 15) is 30.3 Å². The van der Waals surface area contributed by atoms with Gasteiger partial charge in [-0.1, -0.05) is 0 Å². The van der Waals surface area contributed by atoms with Gasteiger partial charge in [-0.3, -0.25) is 0 Å². The lowest BCUT2D eigenvalue weighted by atomic mass is 9.84. The normalized spacial score (nSPS) is 45.8. The summed E-state index contributed by atoms with van der Waals surface area (Å²) in [5, 5.41) is 58.1. The summed E-state index contributed by atoms with van der Waals surface area (Å²) in [4.78, 5) is 10.9. The molecule has 2 aliphatic heterocycles. The lowest BCUT2D eigenvalue weighted by Crippen LogP contribution is -2.55. The van der Waals surface area contributed by atoms with E-state index < -0.39 is 60.6 Å². The first-order chi connectivity index (χ1) is 10.2. The topological polar surface area (TPSA) is 157 Å². The molecule has 22 heavy (non-hydrogen) atoms. The number of carboxylic acids is 1. The first kappa shape index (κ1) is 17.1. The van der Waals surface area contributed by atoms with E-state index in [1.165, 1.54) is 6.92 Å². The molecule has 0 aliphatic carbocycles. The van der Waals surface area contributed by atoms with Crippen molar-refractivity contribution < 1.29 is 44.9 Å². The molecule has 2 aliphatic rings. The first-order valence-electron chi connectivity index (χ1n) is 6.90. The molecule has 0 radical (unpaired) electrons. The molecule has 1 fully saturated rings. The predicted octanol–water partition coefficient (Wildman–Crippen LogP) is -2.46. The third kappa shape index (κ3) is 3.24. The molecule has 0 aromatic rings. The fraction of sp³-hybridized carbons (Fsp3) is 0.769. The lowest BCUT2D eigenvalue weighted by Gasteiger charge is -2.42. The van der Waals surface area contributed by atoms with E-state index in [-0.39, 0.29) is 6.42 Å². The number of ether oxygens (including phenoxy) is 2. The lowest BCUT2D eigenvalue weighted by molar-refractivity contribution is -0.266. The predicted molar refractivity (Wildman–Crippen MR) is 69.3 cm³/mol. The average molecular weight is 320 g/mol. The van der Waals surface area contributed by atoms with Gasteiger partial charge in [0, 0.05) is 5.92 Å². The molecular formula is C13H20O9. The van der Waals surface area contributed by atoms with Crippen molar-refractivity contribution in [1.29, 1.82) is 0 Å². The fourth-order valence-electron chi connectivity index (χ4n) is 2.68. The first-order valence-corrected chi connectivity index (χ1v) is 6.90. The maximum Gasteiger partial charge on any atom is 0.370 e. The highest BCUT2D eigenvalue weighted by molar-refractivity contribution is 5.84. The fourth-order valence-corrected chi connectivity index (χ4v) is 2.68. The van der Waals surface area contributed by atoms with Gasteiger partial charge in [-0.15, -0.1) is 0 Å². The van der Waals surface area contributed by atoms with Crippen LogP contribution in [0.2, 0.25) is 0 Å². The van der Waals surface area contributed by atoms with Gasteiger partial charge in [0.05, 0.1) is 12.2 Å². The van der Waals surface area contributed by atoms with Crippen molar-refractivity contribution in [3.05, 3.63) is 11.8 Å². The van der Waals surface area contributed by atoms with Crippen LogP contribution >= 0.6 is 0 Å². The van der Waals surface area contributed by atoms with E-state index in [4.69, 9.17) is 14.6 Å². The summed E-state index contributed by atoms with van der Waals surface area (Å²) in [5.74, 6) is -2.95. The maximum atomic E-state index is 10.9. The number of hydrogen-bond acceptors (Lipinski definition) is 8. The molecule has 0 bridgehead atoms. The van der Waals surface area contributed by atoms with Crippen LogP contribution in [0.25, 0.3) is 0 Å². The highest BCUT2D eigenvalue weighted by Gasteiger charge is 2.45. The van der Waals surface area contributed by atoms with Crippen LogP contribution < -0.4 is 0 Å². The number of rotatable bonds is 3. The van der Waals surface area contributed by atoms with Crippen molar-refractivity contribution in [3.8, 4) is 0 Å². The Morgan fingerprint density at radius 3 is 2.36 bits per heavy atom. The second kappa shape index (κ2) is 6.49. The quantitative estimate of drug-likeness (QED) is 0.332. The van der Waals surface area contributed by atoms with Crippen molar-refractivity contribution in [2.24, 2.45) is 5.92 Å². The van der Waals surface area contributed by atoms with E-state index in [1.807, 2.05) is 0 Å². The molecule has 9 nitrogen and oxygen atoms in total. The van der Waals surface area contributed by atoms with Crippen LogP contribution in [0, 0.1) is 5.92 Å². The summed E-state index contributed by atoms with van der Waals surface area (Å²) >= 11 is 0. The van der Waals surface area contributed by atoms with Crippen LogP contribution in [-0.4, -0.2) is 79.5 Å². The minimum Gasteiger partial charge on any atom is -0.480 e. The van der Waals surface area contributed by atoms with Gasteiger partial charge < -0.3 is 40.1 Å². The van der Waals surface area contributed by atoms with Crippen molar-refractivity contribution in [1.82, 2.24) is 0 Å². The number of aliphatic hydroxyl groups excluding tert-OH is 5. The molecule has 2 heterocycles. The van der Waals surface area contributed by atoms with Gasteiger partial charge >= 0.3 is 5.97 Å². The molecule has 126 valence electrons. The van der Waals surface area contributed by atoms with Crippen LogP contribution in [0.4, 0.5) is 0 Å². The molecule has 0 aromatic heterocycles. The Morgan fingerprint density at radius 2 is 1.77 bits per heavy atom. The van der Waals surface area contributed by atoms with Crippen LogP contribution in [0.3, 0.4) is 0 Å². The number of carboxylic acid groups (broad SMARTS) is 1. The standard InChI is InChI=1S/C13H20O9/c1-4-9(15)10(16)5(13(20)21-4)2-7-11(17)6(14)3-8(22-7)12(18)19/h3-7,9-11,13-17,20H,2H2,1H3,(H,18,19). The smallest absolute Gasteiger partial charge is 0.370 e. The van der Waals surface area contributed by atoms with Crippen LogP contribution in [0.1, 0.15) is 13.3 Å². The molecule has 0 aromatic carbocycles. The number of aliphatic carboxylic acids is 1. The van der Waals surface area contributed by atoms with Crippen molar-refractivity contribution in [2.75, 3.05) is 0 Å². The molecule has 1 saturated heterocycles. The summed E-state index contributed by atoms with van der Waals surface area (Å²) in [6.45, 7) is 1.48. The van der Waals surface area contributed by atoms with E-state index in [2.05, 4.69) is 0 Å². The summed E-state index contributed by atoms with van der Waals surface area (Å²) < 4.78 is 10.2. The van der Waals surface area contributed by atoms with Gasteiger partial charge in [0.15, 0.2) is 6.29 Å². The summed E-state index contributed by atoms with van der Waals surface area (Å²) in [7, 11) is 0. The van der Waals surface area contributed by atoms with Gasteiger partial charge in [0.1, 0.15) is 24.4 Å². The number of carbonyl (C=O) groups is 1. The van der Waals surface area contributed by atoms with Gasteiger partial charge in [-0.05, 0) is 19.4 Å². The Labute approximate surface area is 126 Å². The summed E-state index contributed by atoms with van der Waals surface area (Å²) in [6, 6.07) is 0. The largest absolute Gasteiger partial charge is 0.480 e. The third-order valence-corrected chi connectivity index (χ3v) is 4.04. The number of hydrogen-bond donors (Lipinski definition) is 6. The molecular weight excluding hydrogens is 300 g/mol. The van der Waals surface area contributed by atoms with Crippen LogP contribution in [-0.2, 0) is 14.3 Å². The van der Waals surface area contributed by atoms with Crippen molar-refractivity contribution in [2.45, 2.75) is 56.3 Å². The van der Waals surface area contributed by atoms with Crippen LogP contribution in [0.5, 0.6) is 0 Å². The van der Waals surface area contributed by atoms with E-state index in [1.54, 1.807) is 0 Å². The Bertz CT molecular complexity index is 451. The Kier molecular flexibility index (Phi) is 5.05. The molecule has 8 unspecified atom stereocenters. The maximum absolute atomic E-state index is 10.9. The van der Waals surface area contributed by atoms with Gasteiger partial charge in [-0.25, -0.2) is 4.79 Å². The summed E-state index contributed by atoms with van der Waals surface area (Å²) in [6.07, 6.45) is -8.19. The average Bonchev–Trinajstić information content (AvgIpc) is 2.45. The monoisotopic (exact) mass is 320 g/mol. The molecule has 9 heteroatoms. The van der Waals surface area contributed by atoms with E-state index >= 15 is 0 Å². The van der Waals surface area contributed by atoms with E-state index in [0.717, 1.165) is 6.08 Å². The zero-order valence-electron chi connectivity index (χ0n) is 11.8. The highest BCUT2D eigenvalue weighted by atomic mass is 16.6. The van der Waals surface area contributed by atoms with Gasteiger partial charge in [0.25, 0.3) is 0 Å².